The highest BCUT2D eigenvalue weighted by atomic mass is 35.5. The van der Waals surface area contributed by atoms with Crippen LogP contribution in [0.5, 0.6) is 5.75 Å². The number of rotatable bonds is 3. The number of halogens is 1. The standard InChI is InChI=1S/C16H17ClN2O/c1-10-7-14(9-18-16(10)17)19-11(2)12-3-4-15-13(8-12)5-6-20-15/h3-4,7-9,11,19H,5-6H2,1-2H3. The topological polar surface area (TPSA) is 34.1 Å². The first kappa shape index (κ1) is 13.3. The van der Waals surface area contributed by atoms with Crippen LogP contribution < -0.4 is 10.1 Å². The Morgan fingerprint density at radius 2 is 2.20 bits per heavy atom. The van der Waals surface area contributed by atoms with E-state index in [1.54, 1.807) is 6.20 Å². The minimum Gasteiger partial charge on any atom is -0.493 e. The van der Waals surface area contributed by atoms with Crippen molar-refractivity contribution >= 4 is 17.3 Å². The average Bonchev–Trinajstić information content (AvgIpc) is 2.90. The number of hydrogen-bond donors (Lipinski definition) is 1. The molecule has 3 nitrogen and oxygen atoms in total. The van der Waals surface area contributed by atoms with Crippen LogP contribution in [-0.4, -0.2) is 11.6 Å². The van der Waals surface area contributed by atoms with Crippen molar-refractivity contribution in [2.75, 3.05) is 11.9 Å². The van der Waals surface area contributed by atoms with Gasteiger partial charge in [0.05, 0.1) is 18.5 Å². The first-order valence-electron chi connectivity index (χ1n) is 6.78. The number of pyridine rings is 1. The van der Waals surface area contributed by atoms with E-state index in [0.717, 1.165) is 30.0 Å². The molecule has 0 amide bonds. The highest BCUT2D eigenvalue weighted by Gasteiger charge is 2.14. The van der Waals surface area contributed by atoms with Gasteiger partial charge in [-0.2, -0.15) is 0 Å². The number of benzene rings is 1. The Kier molecular flexibility index (Phi) is 3.53. The predicted molar refractivity (Wildman–Crippen MR) is 81.7 cm³/mol. The Morgan fingerprint density at radius 1 is 1.35 bits per heavy atom. The molecule has 1 unspecified atom stereocenters. The number of anilines is 1. The van der Waals surface area contributed by atoms with Crippen molar-refractivity contribution in [1.82, 2.24) is 4.98 Å². The minimum atomic E-state index is 0.211. The van der Waals surface area contributed by atoms with Crippen LogP contribution in [0.1, 0.15) is 29.7 Å². The van der Waals surface area contributed by atoms with E-state index in [0.29, 0.717) is 5.15 Å². The van der Waals surface area contributed by atoms with Crippen LogP contribution in [-0.2, 0) is 6.42 Å². The van der Waals surface area contributed by atoms with Gasteiger partial charge in [-0.15, -0.1) is 0 Å². The Labute approximate surface area is 123 Å². The van der Waals surface area contributed by atoms with Crippen LogP contribution in [0.25, 0.3) is 0 Å². The van der Waals surface area contributed by atoms with Crippen molar-refractivity contribution < 1.29 is 4.74 Å². The summed E-state index contributed by atoms with van der Waals surface area (Å²) >= 11 is 5.95. The van der Waals surface area contributed by atoms with E-state index in [9.17, 15) is 0 Å². The van der Waals surface area contributed by atoms with Crippen molar-refractivity contribution in [1.29, 1.82) is 0 Å². The molecular weight excluding hydrogens is 272 g/mol. The van der Waals surface area contributed by atoms with Crippen molar-refractivity contribution in [2.45, 2.75) is 26.3 Å². The second-order valence-electron chi connectivity index (χ2n) is 5.16. The van der Waals surface area contributed by atoms with Gasteiger partial charge in [-0.1, -0.05) is 17.7 Å². The molecule has 20 heavy (non-hydrogen) atoms. The smallest absolute Gasteiger partial charge is 0.132 e. The van der Waals surface area contributed by atoms with E-state index < -0.39 is 0 Å². The largest absolute Gasteiger partial charge is 0.493 e. The fraction of sp³-hybridized carbons (Fsp3) is 0.312. The molecule has 2 heterocycles. The molecule has 0 fully saturated rings. The molecule has 0 aliphatic carbocycles. The number of fused-ring (bicyclic) bond motifs is 1. The zero-order chi connectivity index (χ0) is 14.1. The lowest BCUT2D eigenvalue weighted by Crippen LogP contribution is -2.07. The molecule has 1 aromatic heterocycles. The number of hydrogen-bond acceptors (Lipinski definition) is 3. The SMILES string of the molecule is Cc1cc(NC(C)c2ccc3c(c2)CCO3)cnc1Cl. The summed E-state index contributed by atoms with van der Waals surface area (Å²) in [7, 11) is 0. The molecule has 0 spiro atoms. The van der Waals surface area contributed by atoms with Gasteiger partial charge < -0.3 is 10.1 Å². The van der Waals surface area contributed by atoms with Gasteiger partial charge in [0.15, 0.2) is 0 Å². The summed E-state index contributed by atoms with van der Waals surface area (Å²) in [6.45, 7) is 4.89. The lowest BCUT2D eigenvalue weighted by Gasteiger charge is -2.17. The van der Waals surface area contributed by atoms with Crippen molar-refractivity contribution in [3.05, 3.63) is 52.3 Å². The van der Waals surface area contributed by atoms with Crippen LogP contribution in [0.15, 0.2) is 30.5 Å². The lowest BCUT2D eigenvalue weighted by molar-refractivity contribution is 0.357. The fourth-order valence-electron chi connectivity index (χ4n) is 2.45. The summed E-state index contributed by atoms with van der Waals surface area (Å²) in [5, 5.41) is 4.01. The molecule has 0 radical (unpaired) electrons. The third-order valence-corrected chi connectivity index (χ3v) is 4.01. The molecular formula is C16H17ClN2O. The highest BCUT2D eigenvalue weighted by molar-refractivity contribution is 6.30. The van der Waals surface area contributed by atoms with Crippen LogP contribution >= 0.6 is 11.6 Å². The molecule has 0 bridgehead atoms. The van der Waals surface area contributed by atoms with E-state index >= 15 is 0 Å². The van der Waals surface area contributed by atoms with Gasteiger partial charge in [-0.3, -0.25) is 0 Å². The second kappa shape index (κ2) is 5.33. The Balaban J connectivity index is 1.78. The monoisotopic (exact) mass is 288 g/mol. The van der Waals surface area contributed by atoms with E-state index in [4.69, 9.17) is 16.3 Å². The third-order valence-electron chi connectivity index (χ3n) is 3.61. The molecule has 4 heteroatoms. The number of aryl methyl sites for hydroxylation is 1. The quantitative estimate of drug-likeness (QED) is 0.862. The fourth-order valence-corrected chi connectivity index (χ4v) is 2.55. The summed E-state index contributed by atoms with van der Waals surface area (Å²) in [4.78, 5) is 4.17. The molecule has 3 rings (SSSR count). The normalized spacial score (nSPS) is 14.6. The minimum absolute atomic E-state index is 0.211. The molecule has 0 saturated carbocycles. The van der Waals surface area contributed by atoms with Gasteiger partial charge in [0.1, 0.15) is 10.9 Å². The predicted octanol–water partition coefficient (Wildman–Crippen LogP) is 4.15. The van der Waals surface area contributed by atoms with E-state index in [2.05, 4.69) is 35.4 Å². The molecule has 2 aromatic rings. The summed E-state index contributed by atoms with van der Waals surface area (Å²) in [5.74, 6) is 1.02. The number of nitrogens with zero attached hydrogens (tertiary/aromatic N) is 1. The number of nitrogens with one attached hydrogen (secondary N) is 1. The maximum atomic E-state index is 5.95. The molecule has 1 aromatic carbocycles. The molecule has 0 saturated heterocycles. The first-order chi connectivity index (χ1) is 9.63. The summed E-state index contributed by atoms with van der Waals surface area (Å²) in [5.41, 5.74) is 4.51. The van der Waals surface area contributed by atoms with Crippen LogP contribution in [0.2, 0.25) is 5.15 Å². The summed E-state index contributed by atoms with van der Waals surface area (Å²) in [6.07, 6.45) is 2.76. The van der Waals surface area contributed by atoms with Crippen molar-refractivity contribution in [3.8, 4) is 5.75 Å². The van der Waals surface area contributed by atoms with E-state index in [-0.39, 0.29) is 6.04 Å². The third kappa shape index (κ3) is 2.59. The van der Waals surface area contributed by atoms with Gasteiger partial charge in [-0.05, 0) is 48.7 Å². The zero-order valence-corrected chi connectivity index (χ0v) is 12.4. The van der Waals surface area contributed by atoms with Gasteiger partial charge >= 0.3 is 0 Å². The van der Waals surface area contributed by atoms with Crippen molar-refractivity contribution in [3.63, 3.8) is 0 Å². The van der Waals surface area contributed by atoms with Gasteiger partial charge in [0.2, 0.25) is 0 Å². The van der Waals surface area contributed by atoms with Gasteiger partial charge in [0, 0.05) is 12.5 Å². The maximum absolute atomic E-state index is 5.95. The second-order valence-corrected chi connectivity index (χ2v) is 5.52. The van der Waals surface area contributed by atoms with Crippen molar-refractivity contribution in [2.24, 2.45) is 0 Å². The highest BCUT2D eigenvalue weighted by Crippen LogP contribution is 2.29. The van der Waals surface area contributed by atoms with Gasteiger partial charge in [0.25, 0.3) is 0 Å². The Hall–Kier alpha value is -1.74. The Morgan fingerprint density at radius 3 is 3.00 bits per heavy atom. The molecule has 1 aliphatic rings. The van der Waals surface area contributed by atoms with Crippen LogP contribution in [0.3, 0.4) is 0 Å². The molecule has 1 atom stereocenters. The molecule has 1 N–H and O–H groups in total. The lowest BCUT2D eigenvalue weighted by atomic mass is 10.0. The summed E-state index contributed by atoms with van der Waals surface area (Å²) < 4.78 is 5.54. The first-order valence-corrected chi connectivity index (χ1v) is 7.15. The number of aromatic nitrogens is 1. The summed E-state index contributed by atoms with van der Waals surface area (Å²) in [6, 6.07) is 8.61. The molecule has 104 valence electrons. The van der Waals surface area contributed by atoms with Crippen LogP contribution in [0.4, 0.5) is 5.69 Å². The zero-order valence-electron chi connectivity index (χ0n) is 11.6. The molecule has 1 aliphatic heterocycles. The number of ether oxygens (including phenoxy) is 1. The van der Waals surface area contributed by atoms with Gasteiger partial charge in [-0.25, -0.2) is 4.98 Å². The van der Waals surface area contributed by atoms with E-state index in [1.807, 2.05) is 13.0 Å². The average molecular weight is 289 g/mol. The maximum Gasteiger partial charge on any atom is 0.132 e. The Bertz CT molecular complexity index is 642. The van der Waals surface area contributed by atoms with E-state index in [1.165, 1.54) is 11.1 Å². The van der Waals surface area contributed by atoms with Crippen LogP contribution in [0, 0.1) is 6.92 Å².